The Morgan fingerprint density at radius 3 is 2.53 bits per heavy atom. The van der Waals surface area contributed by atoms with Crippen LogP contribution < -0.4 is 11.1 Å². The Morgan fingerprint density at radius 1 is 1.53 bits per heavy atom. The van der Waals surface area contributed by atoms with Crippen LogP contribution in [0.3, 0.4) is 0 Å². The Hall–Kier alpha value is -1.39. The first kappa shape index (κ1) is 13.6. The van der Waals surface area contributed by atoms with E-state index in [1.165, 1.54) is 6.92 Å². The Labute approximate surface area is 93.4 Å². The summed E-state index contributed by atoms with van der Waals surface area (Å²) in [6, 6.07) is 4.79. The first-order chi connectivity index (χ1) is 7.02. The van der Waals surface area contributed by atoms with E-state index in [2.05, 4.69) is 5.32 Å². The van der Waals surface area contributed by atoms with E-state index in [1.54, 1.807) is 18.2 Å². The van der Waals surface area contributed by atoms with Crippen molar-refractivity contribution in [2.45, 2.75) is 6.92 Å². The van der Waals surface area contributed by atoms with Crippen molar-refractivity contribution in [1.82, 2.24) is 0 Å². The number of nitrogens with one attached hydrogen (secondary N) is 1. The molecule has 5 N–H and O–H groups in total. The molecule has 0 aromatic heterocycles. The number of aromatic hydroxyl groups is 1. The number of hydrogen-bond donors (Lipinski definition) is 4. The standard InChI is InChI=1S/C8H10N2O2.AsHO2/c1-5(11)10-7-4-2-3-6(9)8(7)12;2-1-3/h2-4,12H,9H2,1H3,(H,10,11);(H,2,3). The first-order valence-electron chi connectivity index (χ1n) is 3.84. The number of carbonyl (C=O) groups excluding carboxylic acids is 1. The summed E-state index contributed by atoms with van der Waals surface area (Å²) in [5.41, 5.74) is 5.98. The first-order valence-corrected chi connectivity index (χ1v) is 5.45. The van der Waals surface area contributed by atoms with Crippen molar-refractivity contribution < 1.29 is 17.7 Å². The minimum atomic E-state index is -1.56. The van der Waals surface area contributed by atoms with Crippen LogP contribution in [0.1, 0.15) is 6.92 Å². The molecule has 0 saturated heterocycles. The SMILES string of the molecule is CC(=O)Nc1cccc(N)c1O.O=[As]O. The van der Waals surface area contributed by atoms with Crippen LogP contribution in [0.5, 0.6) is 5.75 Å². The number of hydrogen-bond acceptors (Lipinski definition) is 4. The molecule has 0 aliphatic carbocycles. The number of phenolic OH excluding ortho intramolecular Hbond substituents is 1. The number of phenols is 1. The Kier molecular flexibility index (Phi) is 6.33. The van der Waals surface area contributed by atoms with Crippen LogP contribution in [0.25, 0.3) is 0 Å². The molecule has 6 nitrogen and oxygen atoms in total. The molecule has 0 unspecified atom stereocenters. The average molecular weight is 274 g/mol. The zero-order valence-corrected chi connectivity index (χ0v) is 9.84. The average Bonchev–Trinajstić information content (AvgIpc) is 2.13. The van der Waals surface area contributed by atoms with Crippen LogP contribution in [-0.4, -0.2) is 31.1 Å². The summed E-state index contributed by atoms with van der Waals surface area (Å²) >= 11 is -1.56. The number of para-hydroxylation sites is 1. The summed E-state index contributed by atoms with van der Waals surface area (Å²) in [6.45, 7) is 1.36. The molecule has 0 bridgehead atoms. The topological polar surface area (TPSA) is 113 Å². The van der Waals surface area contributed by atoms with Gasteiger partial charge in [0.15, 0.2) is 5.75 Å². The van der Waals surface area contributed by atoms with Gasteiger partial charge in [0.2, 0.25) is 5.91 Å². The summed E-state index contributed by atoms with van der Waals surface area (Å²) in [5.74, 6) is -0.330. The van der Waals surface area contributed by atoms with E-state index >= 15 is 0 Å². The molecule has 0 spiro atoms. The van der Waals surface area contributed by atoms with E-state index in [9.17, 15) is 9.90 Å². The third-order valence-electron chi connectivity index (χ3n) is 1.38. The predicted octanol–water partition coefficient (Wildman–Crippen LogP) is -0.124. The molecule has 0 radical (unpaired) electrons. The van der Waals surface area contributed by atoms with Crippen LogP contribution >= 0.6 is 0 Å². The molecule has 82 valence electrons. The summed E-state index contributed by atoms with van der Waals surface area (Å²) in [6.07, 6.45) is 0. The fourth-order valence-electron chi connectivity index (χ4n) is 0.852. The zero-order valence-electron chi connectivity index (χ0n) is 7.97. The molecule has 0 saturated carbocycles. The number of rotatable bonds is 1. The van der Waals surface area contributed by atoms with Crippen molar-refractivity contribution in [3.8, 4) is 5.75 Å². The molecule has 1 aromatic carbocycles. The van der Waals surface area contributed by atoms with Crippen LogP contribution in [0.15, 0.2) is 18.2 Å². The van der Waals surface area contributed by atoms with Crippen molar-refractivity contribution >= 4 is 33.3 Å². The molecule has 0 heterocycles. The van der Waals surface area contributed by atoms with E-state index < -0.39 is 16.0 Å². The summed E-state index contributed by atoms with van der Waals surface area (Å²) in [7, 11) is 0. The Bertz CT molecular complexity index is 356. The quantitative estimate of drug-likeness (QED) is 0.324. The summed E-state index contributed by atoms with van der Waals surface area (Å²) < 4.78 is 15.7. The van der Waals surface area contributed by atoms with Gasteiger partial charge in [0.25, 0.3) is 0 Å². The van der Waals surface area contributed by atoms with Crippen molar-refractivity contribution in [3.63, 3.8) is 0 Å². The molecular formula is C8H11AsN2O4. The normalized spacial score (nSPS) is 8.93. The van der Waals surface area contributed by atoms with Gasteiger partial charge >= 0.3 is 23.9 Å². The van der Waals surface area contributed by atoms with E-state index in [4.69, 9.17) is 13.6 Å². The monoisotopic (exact) mass is 274 g/mol. The molecule has 0 atom stereocenters. The second-order valence-corrected chi connectivity index (χ2v) is 2.85. The molecular weight excluding hydrogens is 263 g/mol. The third kappa shape index (κ3) is 5.14. The molecule has 1 rings (SSSR count). The molecule has 1 aromatic rings. The number of amides is 1. The number of nitrogen functional groups attached to an aromatic ring is 1. The molecule has 15 heavy (non-hydrogen) atoms. The second kappa shape index (κ2) is 6.97. The van der Waals surface area contributed by atoms with Crippen molar-refractivity contribution in [1.29, 1.82) is 0 Å². The number of benzene rings is 1. The van der Waals surface area contributed by atoms with E-state index in [0.717, 1.165) is 0 Å². The number of carbonyl (C=O) groups is 1. The van der Waals surface area contributed by atoms with Crippen molar-refractivity contribution in [2.24, 2.45) is 0 Å². The zero-order chi connectivity index (χ0) is 11.8. The molecule has 0 fully saturated rings. The van der Waals surface area contributed by atoms with Gasteiger partial charge in [-0.1, -0.05) is 6.07 Å². The molecule has 0 aliphatic heterocycles. The molecule has 1 amide bonds. The fourth-order valence-corrected chi connectivity index (χ4v) is 0.852. The third-order valence-corrected chi connectivity index (χ3v) is 1.38. The van der Waals surface area contributed by atoms with Gasteiger partial charge in [0, 0.05) is 6.92 Å². The van der Waals surface area contributed by atoms with Gasteiger partial charge in [-0.2, -0.15) is 0 Å². The fraction of sp³-hybridized carbons (Fsp3) is 0.125. The Morgan fingerprint density at radius 2 is 2.07 bits per heavy atom. The summed E-state index contributed by atoms with van der Waals surface area (Å²) in [4.78, 5) is 10.6. The van der Waals surface area contributed by atoms with Gasteiger partial charge in [-0.3, -0.25) is 4.79 Å². The van der Waals surface area contributed by atoms with Crippen LogP contribution in [-0.2, 0) is 8.53 Å². The van der Waals surface area contributed by atoms with Gasteiger partial charge in [-0.05, 0) is 12.1 Å². The van der Waals surface area contributed by atoms with Gasteiger partial charge in [-0.25, -0.2) is 0 Å². The summed E-state index contributed by atoms with van der Waals surface area (Å²) in [5, 5.41) is 11.8. The van der Waals surface area contributed by atoms with E-state index in [1.807, 2.05) is 0 Å². The predicted molar refractivity (Wildman–Crippen MR) is 55.5 cm³/mol. The molecule has 0 aliphatic rings. The van der Waals surface area contributed by atoms with Gasteiger partial charge < -0.3 is 16.2 Å². The van der Waals surface area contributed by atoms with E-state index in [-0.39, 0.29) is 17.3 Å². The van der Waals surface area contributed by atoms with Crippen molar-refractivity contribution in [3.05, 3.63) is 18.2 Å². The maximum absolute atomic E-state index is 10.6. The van der Waals surface area contributed by atoms with Gasteiger partial charge in [-0.15, -0.1) is 0 Å². The van der Waals surface area contributed by atoms with Crippen LogP contribution in [0.2, 0.25) is 0 Å². The Balaban J connectivity index is 0.000000583. The van der Waals surface area contributed by atoms with Crippen LogP contribution in [0, 0.1) is 0 Å². The number of anilines is 2. The van der Waals surface area contributed by atoms with Crippen LogP contribution in [0.4, 0.5) is 11.4 Å². The minimum absolute atomic E-state index is 0.0901. The van der Waals surface area contributed by atoms with Crippen molar-refractivity contribution in [2.75, 3.05) is 11.1 Å². The van der Waals surface area contributed by atoms with Gasteiger partial charge in [0.05, 0.1) is 11.4 Å². The van der Waals surface area contributed by atoms with Gasteiger partial charge in [0.1, 0.15) is 0 Å². The van der Waals surface area contributed by atoms with E-state index in [0.29, 0.717) is 5.69 Å². The molecule has 7 heteroatoms. The maximum atomic E-state index is 10.6. The number of nitrogens with two attached hydrogens (primary N) is 1. The second-order valence-electron chi connectivity index (χ2n) is 2.51.